The van der Waals surface area contributed by atoms with E-state index in [1.807, 2.05) is 36.4 Å². The van der Waals surface area contributed by atoms with Crippen LogP contribution in [0.2, 0.25) is 0 Å². The Bertz CT molecular complexity index is 1040. The molecule has 0 radical (unpaired) electrons. The molecule has 4 saturated carbocycles. The molecule has 4 nitrogen and oxygen atoms in total. The largest absolute Gasteiger partial charge is 0.508 e. The van der Waals surface area contributed by atoms with Crippen LogP contribution in [0.5, 0.6) is 5.75 Å². The summed E-state index contributed by atoms with van der Waals surface area (Å²) in [6.07, 6.45) is 9.09. The van der Waals surface area contributed by atoms with Gasteiger partial charge in [0, 0.05) is 5.56 Å². The van der Waals surface area contributed by atoms with Crippen LogP contribution >= 0.6 is 0 Å². The van der Waals surface area contributed by atoms with Crippen LogP contribution in [-0.2, 0) is 10.2 Å². The van der Waals surface area contributed by atoms with Crippen molar-refractivity contribution >= 4 is 12.0 Å². The van der Waals surface area contributed by atoms with E-state index in [0.717, 1.165) is 34.4 Å². The summed E-state index contributed by atoms with van der Waals surface area (Å²) in [6.45, 7) is 0. The summed E-state index contributed by atoms with van der Waals surface area (Å²) in [5.74, 6) is 1.64. The average Bonchev–Trinajstić information content (AvgIpc) is 2.71. The molecular weight excluding hydrogens is 374 g/mol. The Hall–Kier alpha value is -3.06. The van der Waals surface area contributed by atoms with Gasteiger partial charge in [-0.15, -0.1) is 0 Å². The van der Waals surface area contributed by atoms with Gasteiger partial charge >= 0.3 is 5.97 Å². The predicted octanol–water partition coefficient (Wildman–Crippen LogP) is 5.52. The van der Waals surface area contributed by atoms with Crippen LogP contribution < -0.4 is 0 Å². The lowest BCUT2D eigenvalue weighted by molar-refractivity contribution is -0.132. The molecule has 0 amide bonds. The first-order chi connectivity index (χ1) is 14.5. The van der Waals surface area contributed by atoms with E-state index in [1.165, 1.54) is 44.6 Å². The number of benzene rings is 2. The number of carboxylic acid groups (broad SMARTS) is 1. The third kappa shape index (κ3) is 3.19. The second kappa shape index (κ2) is 7.02. The summed E-state index contributed by atoms with van der Waals surface area (Å²) in [6, 6.07) is 15.2. The molecular formula is C26H25NO3. The Labute approximate surface area is 176 Å². The zero-order valence-corrected chi connectivity index (χ0v) is 16.8. The number of hydrogen-bond donors (Lipinski definition) is 2. The van der Waals surface area contributed by atoms with Gasteiger partial charge in [0.15, 0.2) is 0 Å². The highest BCUT2D eigenvalue weighted by atomic mass is 16.4. The molecule has 0 atom stereocenters. The molecule has 0 aromatic heterocycles. The van der Waals surface area contributed by atoms with E-state index in [9.17, 15) is 9.90 Å². The Morgan fingerprint density at radius 1 is 0.967 bits per heavy atom. The topological polar surface area (TPSA) is 81.3 Å². The summed E-state index contributed by atoms with van der Waals surface area (Å²) >= 11 is 0. The van der Waals surface area contributed by atoms with Crippen LogP contribution in [-0.4, -0.2) is 16.2 Å². The van der Waals surface area contributed by atoms with Crippen LogP contribution in [0.25, 0.3) is 17.2 Å². The maximum Gasteiger partial charge on any atom is 0.346 e. The number of carboxylic acids is 1. The molecule has 2 N–H and O–H groups in total. The number of rotatable bonds is 4. The van der Waals surface area contributed by atoms with E-state index in [1.54, 1.807) is 6.07 Å². The van der Waals surface area contributed by atoms with Crippen molar-refractivity contribution in [2.45, 2.75) is 43.9 Å². The molecule has 0 spiro atoms. The quantitative estimate of drug-likeness (QED) is 0.524. The summed E-state index contributed by atoms with van der Waals surface area (Å²) in [5.41, 5.74) is 3.72. The Balaban J connectivity index is 1.47. The lowest BCUT2D eigenvalue weighted by atomic mass is 9.48. The van der Waals surface area contributed by atoms with Crippen LogP contribution in [0.4, 0.5) is 0 Å². The number of nitrogens with zero attached hydrogens (tertiary/aromatic N) is 1. The maximum atomic E-state index is 11.0. The van der Waals surface area contributed by atoms with E-state index in [2.05, 4.69) is 6.07 Å². The molecule has 4 aliphatic carbocycles. The molecule has 6 rings (SSSR count). The number of aliphatic carboxylic acids is 1. The molecule has 0 unspecified atom stereocenters. The molecule has 30 heavy (non-hydrogen) atoms. The molecule has 0 aliphatic heterocycles. The molecule has 4 fully saturated rings. The lowest BCUT2D eigenvalue weighted by Gasteiger charge is -2.57. The van der Waals surface area contributed by atoms with E-state index in [0.29, 0.717) is 11.3 Å². The summed E-state index contributed by atoms with van der Waals surface area (Å²) in [7, 11) is 0. The van der Waals surface area contributed by atoms with Gasteiger partial charge in [0.1, 0.15) is 17.4 Å². The van der Waals surface area contributed by atoms with Crippen molar-refractivity contribution in [1.82, 2.24) is 0 Å². The average molecular weight is 399 g/mol. The molecule has 0 heterocycles. The zero-order chi connectivity index (χ0) is 20.9. The zero-order valence-electron chi connectivity index (χ0n) is 16.8. The van der Waals surface area contributed by atoms with Crippen molar-refractivity contribution in [2.24, 2.45) is 17.8 Å². The smallest absolute Gasteiger partial charge is 0.346 e. The highest BCUT2D eigenvalue weighted by molar-refractivity contribution is 5.96. The molecule has 4 bridgehead atoms. The summed E-state index contributed by atoms with van der Waals surface area (Å²) < 4.78 is 0. The van der Waals surface area contributed by atoms with Crippen LogP contribution in [0, 0.1) is 29.1 Å². The number of phenols is 1. The van der Waals surface area contributed by atoms with Crippen molar-refractivity contribution in [2.75, 3.05) is 0 Å². The number of phenolic OH excluding ortho intramolecular Hbond substituents is 1. The first kappa shape index (κ1) is 18.9. The molecule has 2 aromatic rings. The Morgan fingerprint density at radius 3 is 2.07 bits per heavy atom. The molecule has 152 valence electrons. The van der Waals surface area contributed by atoms with Gasteiger partial charge < -0.3 is 10.2 Å². The standard InChI is InChI=1S/C26H25NO3/c27-15-22(25(29)30)10-16-1-3-20(4-2-16)21-5-6-24(28)23(11-21)26-12-17-7-18(13-26)9-19(8-17)14-26/h1-6,10-11,17-19,28H,7-9,12-14H2,(H,29,30)/b22-10+. The third-order valence-electron chi connectivity index (χ3n) is 7.51. The molecule has 2 aromatic carbocycles. The first-order valence-corrected chi connectivity index (χ1v) is 10.7. The van der Waals surface area contributed by atoms with Gasteiger partial charge in [-0.05, 0) is 96.6 Å². The van der Waals surface area contributed by atoms with E-state index >= 15 is 0 Å². The van der Waals surface area contributed by atoms with Gasteiger partial charge in [-0.1, -0.05) is 30.3 Å². The van der Waals surface area contributed by atoms with Crippen molar-refractivity contribution in [3.63, 3.8) is 0 Å². The van der Waals surface area contributed by atoms with Gasteiger partial charge in [0.25, 0.3) is 0 Å². The van der Waals surface area contributed by atoms with Crippen LogP contribution in [0.15, 0.2) is 48.0 Å². The minimum atomic E-state index is -1.22. The van der Waals surface area contributed by atoms with E-state index < -0.39 is 5.97 Å². The van der Waals surface area contributed by atoms with Crippen molar-refractivity contribution in [3.8, 4) is 22.9 Å². The van der Waals surface area contributed by atoms with E-state index in [-0.39, 0.29) is 11.0 Å². The normalized spacial score (nSPS) is 29.6. The molecule has 4 heteroatoms. The maximum absolute atomic E-state index is 11.0. The van der Waals surface area contributed by atoms with Gasteiger partial charge in [0.2, 0.25) is 0 Å². The number of nitriles is 1. The Kier molecular flexibility index (Phi) is 4.43. The van der Waals surface area contributed by atoms with Gasteiger partial charge in [0.05, 0.1) is 0 Å². The van der Waals surface area contributed by atoms with Crippen LogP contribution in [0.1, 0.15) is 49.7 Å². The highest BCUT2D eigenvalue weighted by Gasteiger charge is 2.52. The van der Waals surface area contributed by atoms with Crippen molar-refractivity contribution in [1.29, 1.82) is 5.26 Å². The first-order valence-electron chi connectivity index (χ1n) is 10.7. The number of aromatic hydroxyl groups is 1. The fourth-order valence-corrected chi connectivity index (χ4v) is 6.66. The number of carbonyl (C=O) groups is 1. The second-order valence-electron chi connectivity index (χ2n) is 9.53. The third-order valence-corrected chi connectivity index (χ3v) is 7.51. The number of hydrogen-bond acceptors (Lipinski definition) is 3. The molecule has 0 saturated heterocycles. The van der Waals surface area contributed by atoms with Crippen LogP contribution in [0.3, 0.4) is 0 Å². The van der Waals surface area contributed by atoms with Gasteiger partial charge in [-0.2, -0.15) is 5.26 Å². The lowest BCUT2D eigenvalue weighted by Crippen LogP contribution is -2.48. The minimum Gasteiger partial charge on any atom is -0.508 e. The monoisotopic (exact) mass is 399 g/mol. The highest BCUT2D eigenvalue weighted by Crippen LogP contribution is 2.62. The molecule has 4 aliphatic rings. The van der Waals surface area contributed by atoms with Gasteiger partial charge in [-0.25, -0.2) is 4.79 Å². The SMILES string of the molecule is N#C/C(=C\c1ccc(-c2ccc(O)c(C34CC5CC(CC(C5)C3)C4)c2)cc1)C(=O)O. The Morgan fingerprint density at radius 2 is 1.53 bits per heavy atom. The predicted molar refractivity (Wildman–Crippen MR) is 115 cm³/mol. The fraction of sp³-hybridized carbons (Fsp3) is 0.385. The minimum absolute atomic E-state index is 0.126. The second-order valence-corrected chi connectivity index (χ2v) is 9.53. The summed E-state index contributed by atoms with van der Waals surface area (Å²) in [4.78, 5) is 11.0. The van der Waals surface area contributed by atoms with Crippen molar-refractivity contribution < 1.29 is 15.0 Å². The van der Waals surface area contributed by atoms with Gasteiger partial charge in [-0.3, -0.25) is 0 Å². The van der Waals surface area contributed by atoms with E-state index in [4.69, 9.17) is 10.4 Å². The fourth-order valence-electron chi connectivity index (χ4n) is 6.66. The van der Waals surface area contributed by atoms with Crippen molar-refractivity contribution in [3.05, 3.63) is 59.2 Å². The summed E-state index contributed by atoms with van der Waals surface area (Å²) in [5, 5.41) is 28.7.